The molecule has 32 heavy (non-hydrogen) atoms. The van der Waals surface area contributed by atoms with E-state index in [0.29, 0.717) is 17.8 Å². The molecule has 0 N–H and O–H groups in total. The molecule has 3 atom stereocenters. The van der Waals surface area contributed by atoms with Crippen molar-refractivity contribution >= 4 is 15.8 Å². The topological polar surface area (TPSA) is 85.3 Å². The van der Waals surface area contributed by atoms with Crippen LogP contribution in [0.4, 0.5) is 5.95 Å². The second-order valence-corrected chi connectivity index (χ2v) is 10.6. The van der Waals surface area contributed by atoms with E-state index in [1.165, 1.54) is 6.07 Å². The highest BCUT2D eigenvalue weighted by Gasteiger charge is 2.56. The van der Waals surface area contributed by atoms with Crippen molar-refractivity contribution in [1.29, 1.82) is 0 Å². The van der Waals surface area contributed by atoms with E-state index in [2.05, 4.69) is 26.8 Å². The van der Waals surface area contributed by atoms with E-state index in [9.17, 15) is 8.42 Å². The Bertz CT molecular complexity index is 1180. The molecule has 2 aromatic heterocycles. The van der Waals surface area contributed by atoms with Crippen LogP contribution in [0.3, 0.4) is 0 Å². The number of aromatic nitrogens is 3. The lowest BCUT2D eigenvalue weighted by molar-refractivity contribution is 0.283. The van der Waals surface area contributed by atoms with Crippen molar-refractivity contribution in [2.75, 3.05) is 30.9 Å². The standard InChI is InChI=1S/C24H26N4O3S/c1-3-16-10-26-24(27-11-16)28-13-20-21(14-28)22(20)15-31-19-7-4-17(5-8-19)18-6-9-23(25-12-18)32(2,29)30/h4-12,20-22H,3,13-15H2,1-2H3/t20-,21?,22?/m1/s1. The molecule has 2 aliphatic rings. The Morgan fingerprint density at radius 2 is 1.59 bits per heavy atom. The molecule has 5 rings (SSSR count). The summed E-state index contributed by atoms with van der Waals surface area (Å²) in [6.45, 7) is 4.83. The van der Waals surface area contributed by atoms with Crippen LogP contribution in [0.5, 0.6) is 5.75 Å². The first-order valence-corrected chi connectivity index (χ1v) is 12.8. The molecule has 3 aromatic rings. The lowest BCUT2D eigenvalue weighted by Crippen LogP contribution is -2.27. The maximum absolute atomic E-state index is 11.6. The van der Waals surface area contributed by atoms with E-state index in [1.54, 1.807) is 12.3 Å². The smallest absolute Gasteiger partial charge is 0.225 e. The number of piperidine rings is 1. The van der Waals surface area contributed by atoms with Gasteiger partial charge in [0.1, 0.15) is 5.75 Å². The van der Waals surface area contributed by atoms with Crippen LogP contribution in [0.2, 0.25) is 0 Å². The van der Waals surface area contributed by atoms with Gasteiger partial charge in [-0.3, -0.25) is 0 Å². The summed E-state index contributed by atoms with van der Waals surface area (Å²) in [7, 11) is -3.29. The summed E-state index contributed by atoms with van der Waals surface area (Å²) >= 11 is 0. The predicted molar refractivity (Wildman–Crippen MR) is 122 cm³/mol. The molecule has 2 fully saturated rings. The Hall–Kier alpha value is -3.00. The second-order valence-electron chi connectivity index (χ2n) is 8.63. The SMILES string of the molecule is CCc1cnc(N2CC3C(COc4ccc(-c5ccc(S(C)(=O)=O)nc5)cc4)[C@@H]3C2)nc1. The molecule has 1 aliphatic carbocycles. The predicted octanol–water partition coefficient (Wildman–Crippen LogP) is 3.27. The number of fused-ring (bicyclic) bond motifs is 1. The van der Waals surface area contributed by atoms with Crippen LogP contribution in [0.1, 0.15) is 12.5 Å². The first-order valence-electron chi connectivity index (χ1n) is 10.9. The third kappa shape index (κ3) is 4.19. The lowest BCUT2D eigenvalue weighted by atomic mass is 10.1. The molecule has 2 unspecified atom stereocenters. The first-order chi connectivity index (χ1) is 15.4. The van der Waals surface area contributed by atoms with Crippen molar-refractivity contribution in [2.24, 2.45) is 17.8 Å². The van der Waals surface area contributed by atoms with Gasteiger partial charge in [-0.2, -0.15) is 0 Å². The van der Waals surface area contributed by atoms with E-state index in [4.69, 9.17) is 4.74 Å². The van der Waals surface area contributed by atoms with Gasteiger partial charge in [-0.05, 0) is 53.6 Å². The lowest BCUT2D eigenvalue weighted by Gasteiger charge is -2.19. The summed E-state index contributed by atoms with van der Waals surface area (Å²) in [6.07, 6.45) is 7.55. The highest BCUT2D eigenvalue weighted by molar-refractivity contribution is 7.90. The Morgan fingerprint density at radius 3 is 2.16 bits per heavy atom. The minimum atomic E-state index is -3.29. The molecule has 7 nitrogen and oxygen atoms in total. The molecule has 8 heteroatoms. The van der Waals surface area contributed by atoms with Crippen LogP contribution < -0.4 is 9.64 Å². The van der Waals surface area contributed by atoms with Crippen molar-refractivity contribution < 1.29 is 13.2 Å². The largest absolute Gasteiger partial charge is 0.493 e. The highest BCUT2D eigenvalue weighted by atomic mass is 32.2. The molecule has 0 amide bonds. The van der Waals surface area contributed by atoms with Crippen molar-refractivity contribution in [2.45, 2.75) is 18.4 Å². The fraction of sp³-hybridized carbons (Fsp3) is 0.375. The van der Waals surface area contributed by atoms with Gasteiger partial charge in [-0.15, -0.1) is 0 Å². The fourth-order valence-electron chi connectivity index (χ4n) is 4.46. The summed E-state index contributed by atoms with van der Waals surface area (Å²) in [4.78, 5) is 15.3. The van der Waals surface area contributed by atoms with Gasteiger partial charge < -0.3 is 9.64 Å². The van der Waals surface area contributed by atoms with Crippen LogP contribution in [0, 0.1) is 17.8 Å². The van der Waals surface area contributed by atoms with Gasteiger partial charge in [0.15, 0.2) is 14.9 Å². The molecule has 0 spiro atoms. The zero-order valence-corrected chi connectivity index (χ0v) is 19.0. The Kier molecular flexibility index (Phi) is 5.33. The Balaban J connectivity index is 1.13. The Morgan fingerprint density at radius 1 is 0.938 bits per heavy atom. The van der Waals surface area contributed by atoms with Crippen molar-refractivity contribution in [3.63, 3.8) is 0 Å². The minimum Gasteiger partial charge on any atom is -0.493 e. The molecular weight excluding hydrogens is 424 g/mol. The Labute approximate surface area is 188 Å². The number of aryl methyl sites for hydroxylation is 1. The van der Waals surface area contributed by atoms with Gasteiger partial charge in [-0.25, -0.2) is 23.4 Å². The quantitative estimate of drug-likeness (QED) is 0.546. The van der Waals surface area contributed by atoms with Crippen LogP contribution in [-0.2, 0) is 16.3 Å². The summed E-state index contributed by atoms with van der Waals surface area (Å²) in [5, 5.41) is 0.0827. The number of hydrogen-bond donors (Lipinski definition) is 0. The summed E-state index contributed by atoms with van der Waals surface area (Å²) < 4.78 is 29.2. The first kappa shape index (κ1) is 20.9. The molecule has 3 heterocycles. The summed E-state index contributed by atoms with van der Waals surface area (Å²) in [5.41, 5.74) is 3.01. The molecule has 1 aromatic carbocycles. The molecule has 0 radical (unpaired) electrons. The number of rotatable bonds is 7. The third-order valence-corrected chi connectivity index (χ3v) is 7.50. The number of anilines is 1. The van der Waals surface area contributed by atoms with E-state index < -0.39 is 9.84 Å². The number of sulfone groups is 1. The van der Waals surface area contributed by atoms with Gasteiger partial charge in [-0.1, -0.05) is 19.1 Å². The molecule has 1 saturated carbocycles. The van der Waals surface area contributed by atoms with E-state index in [1.807, 2.05) is 36.7 Å². The van der Waals surface area contributed by atoms with E-state index in [-0.39, 0.29) is 5.03 Å². The molecule has 1 saturated heterocycles. The van der Waals surface area contributed by atoms with Crippen LogP contribution >= 0.6 is 0 Å². The second kappa shape index (κ2) is 8.16. The fourth-order valence-corrected chi connectivity index (χ4v) is 5.02. The van der Waals surface area contributed by atoms with Gasteiger partial charge in [0.2, 0.25) is 5.95 Å². The monoisotopic (exact) mass is 450 g/mol. The number of hydrogen-bond acceptors (Lipinski definition) is 7. The van der Waals surface area contributed by atoms with Crippen LogP contribution in [0.15, 0.2) is 60.0 Å². The van der Waals surface area contributed by atoms with E-state index >= 15 is 0 Å². The molecule has 166 valence electrons. The maximum atomic E-state index is 11.6. The van der Waals surface area contributed by atoms with Crippen LogP contribution in [-0.4, -0.2) is 49.3 Å². The van der Waals surface area contributed by atoms with Gasteiger partial charge >= 0.3 is 0 Å². The molecule has 0 bridgehead atoms. The van der Waals surface area contributed by atoms with E-state index in [0.717, 1.165) is 60.8 Å². The summed E-state index contributed by atoms with van der Waals surface area (Å²) in [6, 6.07) is 11.2. The molecular formula is C24H26N4O3S. The van der Waals surface area contributed by atoms with Crippen molar-refractivity contribution in [3.8, 4) is 16.9 Å². The normalized spacial score (nSPS) is 21.9. The van der Waals surface area contributed by atoms with Crippen molar-refractivity contribution in [1.82, 2.24) is 15.0 Å². The van der Waals surface area contributed by atoms with Gasteiger partial charge in [0.05, 0.1) is 6.61 Å². The highest BCUT2D eigenvalue weighted by Crippen LogP contribution is 2.52. The van der Waals surface area contributed by atoms with Crippen molar-refractivity contribution in [3.05, 3.63) is 60.6 Å². The zero-order chi connectivity index (χ0) is 22.3. The number of ether oxygens (including phenoxy) is 1. The molecule has 1 aliphatic heterocycles. The number of pyridine rings is 1. The maximum Gasteiger partial charge on any atom is 0.225 e. The number of benzene rings is 1. The average molecular weight is 451 g/mol. The summed E-state index contributed by atoms with van der Waals surface area (Å²) in [5.74, 6) is 3.58. The minimum absolute atomic E-state index is 0.0827. The third-order valence-electron chi connectivity index (χ3n) is 6.50. The average Bonchev–Trinajstić information content (AvgIpc) is 3.26. The van der Waals surface area contributed by atoms with Gasteiger partial charge in [0, 0.05) is 49.4 Å². The zero-order valence-electron chi connectivity index (χ0n) is 18.2. The van der Waals surface area contributed by atoms with Gasteiger partial charge in [0.25, 0.3) is 0 Å². The number of nitrogens with zero attached hydrogens (tertiary/aromatic N) is 4. The van der Waals surface area contributed by atoms with Crippen LogP contribution in [0.25, 0.3) is 11.1 Å².